The smallest absolute Gasteiger partial charge is 0.276 e. The van der Waals surface area contributed by atoms with Crippen LogP contribution in [-0.4, -0.2) is 65.0 Å². The van der Waals surface area contributed by atoms with Crippen molar-refractivity contribution in [1.29, 1.82) is 0 Å². The quantitative estimate of drug-likeness (QED) is 0.808. The van der Waals surface area contributed by atoms with Gasteiger partial charge in [0, 0.05) is 31.2 Å². The molecule has 1 aromatic heterocycles. The summed E-state index contributed by atoms with van der Waals surface area (Å²) in [7, 11) is 2.07. The van der Waals surface area contributed by atoms with Crippen LogP contribution in [0.3, 0.4) is 0 Å². The Hall–Kier alpha value is -2.74. The number of carbonyl (C=O) groups excluding carboxylic acids is 2. The van der Waals surface area contributed by atoms with Crippen molar-refractivity contribution >= 4 is 17.5 Å². The van der Waals surface area contributed by atoms with Gasteiger partial charge in [0.2, 0.25) is 5.91 Å². The molecule has 1 aromatic carbocycles. The van der Waals surface area contributed by atoms with Gasteiger partial charge in [0.15, 0.2) is 5.69 Å². The molecule has 30 heavy (non-hydrogen) atoms. The number of aromatic amines is 1. The predicted molar refractivity (Wildman–Crippen MR) is 112 cm³/mol. The molecule has 4 rings (SSSR count). The highest BCUT2D eigenvalue weighted by Gasteiger charge is 2.31. The highest BCUT2D eigenvalue weighted by atomic mass is 19.1. The van der Waals surface area contributed by atoms with E-state index in [4.69, 9.17) is 0 Å². The average molecular weight is 413 g/mol. The van der Waals surface area contributed by atoms with Crippen LogP contribution < -0.4 is 5.32 Å². The summed E-state index contributed by atoms with van der Waals surface area (Å²) in [6.45, 7) is 3.36. The fourth-order valence-electron chi connectivity index (χ4n) is 4.45. The first-order valence-electron chi connectivity index (χ1n) is 10.6. The van der Waals surface area contributed by atoms with E-state index in [0.29, 0.717) is 0 Å². The number of H-pyrrole nitrogens is 1. The van der Waals surface area contributed by atoms with Gasteiger partial charge in [-0.2, -0.15) is 5.10 Å². The molecule has 8 heteroatoms. The largest absolute Gasteiger partial charge is 0.342 e. The van der Waals surface area contributed by atoms with Gasteiger partial charge in [-0.3, -0.25) is 14.7 Å². The number of hydrogen-bond acceptors (Lipinski definition) is 4. The molecule has 2 aliphatic heterocycles. The first kappa shape index (κ1) is 20.5. The van der Waals surface area contributed by atoms with Crippen molar-refractivity contribution in [1.82, 2.24) is 20.0 Å². The van der Waals surface area contributed by atoms with Gasteiger partial charge in [-0.05, 0) is 57.5 Å². The standard InChI is InChI=1S/C22H28FN5O2/c1-27-10-4-5-16(14-27)22(30)28-11-8-15(9-12-28)19-13-20(26-25-19)21(29)24-18-7-3-2-6-17(18)23/h2-3,6-7,13,15-16H,4-5,8-12,14H2,1H3,(H,24,29)(H,25,26). The minimum Gasteiger partial charge on any atom is -0.342 e. The Morgan fingerprint density at radius 3 is 2.67 bits per heavy atom. The summed E-state index contributed by atoms with van der Waals surface area (Å²) < 4.78 is 13.7. The molecule has 1 atom stereocenters. The zero-order chi connectivity index (χ0) is 21.1. The number of piperidine rings is 2. The lowest BCUT2D eigenvalue weighted by Crippen LogP contribution is -2.46. The Labute approximate surface area is 175 Å². The molecule has 0 bridgehead atoms. The van der Waals surface area contributed by atoms with Crippen LogP contribution in [0.4, 0.5) is 10.1 Å². The maximum absolute atomic E-state index is 13.7. The number of amides is 2. The lowest BCUT2D eigenvalue weighted by Gasteiger charge is -2.36. The third-order valence-corrected chi connectivity index (χ3v) is 6.17. The summed E-state index contributed by atoms with van der Waals surface area (Å²) in [4.78, 5) is 29.4. The van der Waals surface area contributed by atoms with E-state index in [1.807, 2.05) is 4.90 Å². The van der Waals surface area contributed by atoms with Gasteiger partial charge >= 0.3 is 0 Å². The summed E-state index contributed by atoms with van der Waals surface area (Å²) in [5.74, 6) is -0.319. The molecular formula is C22H28FN5O2. The Morgan fingerprint density at radius 2 is 1.93 bits per heavy atom. The molecule has 7 nitrogen and oxygen atoms in total. The number of anilines is 1. The monoisotopic (exact) mass is 413 g/mol. The Balaban J connectivity index is 1.32. The molecule has 1 unspecified atom stereocenters. The topological polar surface area (TPSA) is 81.3 Å². The highest BCUT2D eigenvalue weighted by molar-refractivity contribution is 6.03. The number of nitrogens with one attached hydrogen (secondary N) is 2. The Bertz CT molecular complexity index is 906. The van der Waals surface area contributed by atoms with E-state index in [2.05, 4.69) is 27.5 Å². The molecule has 0 saturated carbocycles. The highest BCUT2D eigenvalue weighted by Crippen LogP contribution is 2.29. The van der Waals surface area contributed by atoms with Gasteiger partial charge in [0.1, 0.15) is 5.82 Å². The molecule has 2 aliphatic rings. The minimum atomic E-state index is -0.484. The zero-order valence-corrected chi connectivity index (χ0v) is 17.2. The summed E-state index contributed by atoms with van der Waals surface area (Å²) in [6.07, 6.45) is 3.73. The van der Waals surface area contributed by atoms with E-state index >= 15 is 0 Å². The van der Waals surface area contributed by atoms with Crippen molar-refractivity contribution < 1.29 is 14.0 Å². The molecular weight excluding hydrogens is 385 g/mol. The molecule has 3 heterocycles. The fourth-order valence-corrected chi connectivity index (χ4v) is 4.45. The maximum atomic E-state index is 13.7. The van der Waals surface area contributed by atoms with E-state index in [9.17, 15) is 14.0 Å². The fraction of sp³-hybridized carbons (Fsp3) is 0.500. The second-order valence-electron chi connectivity index (χ2n) is 8.34. The summed E-state index contributed by atoms with van der Waals surface area (Å²) >= 11 is 0. The van der Waals surface area contributed by atoms with Crippen molar-refractivity contribution in [2.24, 2.45) is 5.92 Å². The van der Waals surface area contributed by atoms with Gasteiger partial charge in [0.25, 0.3) is 5.91 Å². The summed E-state index contributed by atoms with van der Waals surface area (Å²) in [6, 6.07) is 7.77. The van der Waals surface area contributed by atoms with Gasteiger partial charge in [-0.1, -0.05) is 12.1 Å². The van der Waals surface area contributed by atoms with Crippen molar-refractivity contribution in [3.8, 4) is 0 Å². The normalized spacial score (nSPS) is 20.9. The van der Waals surface area contributed by atoms with E-state index in [1.54, 1.807) is 18.2 Å². The van der Waals surface area contributed by atoms with Crippen LogP contribution in [0.15, 0.2) is 30.3 Å². The van der Waals surface area contributed by atoms with Gasteiger partial charge < -0.3 is 15.1 Å². The van der Waals surface area contributed by atoms with Gasteiger partial charge in [-0.25, -0.2) is 4.39 Å². The van der Waals surface area contributed by atoms with Crippen LogP contribution in [0.2, 0.25) is 0 Å². The first-order valence-corrected chi connectivity index (χ1v) is 10.6. The number of halogens is 1. The number of hydrogen-bond donors (Lipinski definition) is 2. The van der Waals surface area contributed by atoms with Gasteiger partial charge in [-0.15, -0.1) is 0 Å². The molecule has 0 radical (unpaired) electrons. The number of para-hydroxylation sites is 1. The Morgan fingerprint density at radius 1 is 1.17 bits per heavy atom. The molecule has 2 N–H and O–H groups in total. The number of likely N-dealkylation sites (tertiary alicyclic amines) is 2. The molecule has 0 spiro atoms. The van der Waals surface area contributed by atoms with Crippen LogP contribution in [0.5, 0.6) is 0 Å². The average Bonchev–Trinajstić information content (AvgIpc) is 3.25. The van der Waals surface area contributed by atoms with Crippen LogP contribution in [-0.2, 0) is 4.79 Å². The van der Waals surface area contributed by atoms with Crippen molar-refractivity contribution in [2.75, 3.05) is 38.5 Å². The minimum absolute atomic E-state index is 0.112. The van der Waals surface area contributed by atoms with Crippen LogP contribution in [0.25, 0.3) is 0 Å². The molecule has 160 valence electrons. The van der Waals surface area contributed by atoms with Gasteiger partial charge in [0.05, 0.1) is 11.6 Å². The third-order valence-electron chi connectivity index (χ3n) is 6.17. The molecule has 2 saturated heterocycles. The lowest BCUT2D eigenvalue weighted by atomic mass is 9.91. The number of rotatable bonds is 4. The number of nitrogens with zero attached hydrogens (tertiary/aromatic N) is 3. The van der Waals surface area contributed by atoms with E-state index < -0.39 is 11.7 Å². The number of aromatic nitrogens is 2. The third kappa shape index (κ3) is 4.53. The maximum Gasteiger partial charge on any atom is 0.276 e. The van der Waals surface area contributed by atoms with Crippen LogP contribution >= 0.6 is 0 Å². The SMILES string of the molecule is CN1CCCC(C(=O)N2CCC(c3cc(C(=O)Nc4ccccc4F)n[nH]3)CC2)C1. The van der Waals surface area contributed by atoms with Crippen molar-refractivity contribution in [2.45, 2.75) is 31.6 Å². The number of benzene rings is 1. The lowest BCUT2D eigenvalue weighted by molar-refractivity contribution is -0.138. The number of carbonyl (C=O) groups is 2. The van der Waals surface area contributed by atoms with Crippen molar-refractivity contribution in [3.05, 3.63) is 47.5 Å². The van der Waals surface area contributed by atoms with Crippen LogP contribution in [0.1, 0.15) is 47.8 Å². The van der Waals surface area contributed by atoms with E-state index in [1.165, 1.54) is 12.1 Å². The predicted octanol–water partition coefficient (Wildman–Crippen LogP) is 2.85. The molecule has 0 aliphatic carbocycles. The van der Waals surface area contributed by atoms with E-state index in [-0.39, 0.29) is 29.1 Å². The summed E-state index contributed by atoms with van der Waals surface area (Å²) in [5.41, 5.74) is 1.25. The second kappa shape index (κ2) is 8.95. The Kier molecular flexibility index (Phi) is 6.13. The van der Waals surface area contributed by atoms with Crippen LogP contribution in [0, 0.1) is 11.7 Å². The molecule has 2 amide bonds. The molecule has 2 fully saturated rings. The zero-order valence-electron chi connectivity index (χ0n) is 17.2. The van der Waals surface area contributed by atoms with E-state index in [0.717, 1.165) is 57.6 Å². The second-order valence-corrected chi connectivity index (χ2v) is 8.34. The summed E-state index contributed by atoms with van der Waals surface area (Å²) in [5, 5.41) is 9.61. The van der Waals surface area contributed by atoms with Crippen molar-refractivity contribution in [3.63, 3.8) is 0 Å². The molecule has 2 aromatic rings. The first-order chi connectivity index (χ1) is 14.5.